The summed E-state index contributed by atoms with van der Waals surface area (Å²) in [6, 6.07) is 7.27. The Morgan fingerprint density at radius 1 is 1.00 bits per heavy atom. The fraction of sp³-hybridized carbons (Fsp3) is 0.400. The molecular weight excluding hydrogens is 436 g/mol. The molecule has 9 heteroatoms. The fourth-order valence-corrected chi connectivity index (χ4v) is 4.66. The second-order valence-corrected chi connectivity index (χ2v) is 9.00. The number of rotatable bonds is 5. The van der Waals surface area contributed by atoms with Crippen LogP contribution in [0.2, 0.25) is 0 Å². The Bertz CT molecular complexity index is 1160. The lowest BCUT2D eigenvalue weighted by atomic mass is 9.96. The van der Waals surface area contributed by atoms with Crippen LogP contribution in [0.25, 0.3) is 11.3 Å². The largest absolute Gasteiger partial charge is 0.369 e. The molecular formula is C25H29F2N7. The molecule has 0 aliphatic carbocycles. The third-order valence-corrected chi connectivity index (χ3v) is 6.42. The number of aromatic nitrogens is 3. The van der Waals surface area contributed by atoms with Gasteiger partial charge in [-0.1, -0.05) is 0 Å². The van der Waals surface area contributed by atoms with Gasteiger partial charge in [0.2, 0.25) is 5.95 Å². The molecule has 0 spiro atoms. The number of pyridine rings is 1. The normalized spacial score (nSPS) is 16.0. The van der Waals surface area contributed by atoms with Crippen molar-refractivity contribution in [3.8, 4) is 11.3 Å². The van der Waals surface area contributed by atoms with Crippen LogP contribution in [0, 0.1) is 11.6 Å². The SMILES string of the molecule is CC(C)N1CCCc2c(F)cc(-c3nc(Nc4ccc(N5CCNCC5)cn4)ncc3F)cc21. The zero-order valence-electron chi connectivity index (χ0n) is 19.5. The van der Waals surface area contributed by atoms with E-state index in [0.717, 1.165) is 56.7 Å². The molecule has 178 valence electrons. The molecule has 0 radical (unpaired) electrons. The molecule has 4 heterocycles. The van der Waals surface area contributed by atoms with Gasteiger partial charge in [-0.2, -0.15) is 0 Å². The van der Waals surface area contributed by atoms with Crippen LogP contribution in [0.4, 0.5) is 31.9 Å². The lowest BCUT2D eigenvalue weighted by molar-refractivity contribution is 0.572. The van der Waals surface area contributed by atoms with Crippen molar-refractivity contribution in [2.24, 2.45) is 0 Å². The van der Waals surface area contributed by atoms with Gasteiger partial charge in [0.15, 0.2) is 5.82 Å². The van der Waals surface area contributed by atoms with E-state index in [2.05, 4.69) is 49.2 Å². The van der Waals surface area contributed by atoms with Crippen LogP contribution in [0.5, 0.6) is 0 Å². The van der Waals surface area contributed by atoms with Crippen molar-refractivity contribution in [3.63, 3.8) is 0 Å². The minimum absolute atomic E-state index is 0.0610. The number of anilines is 4. The van der Waals surface area contributed by atoms with E-state index >= 15 is 0 Å². The van der Waals surface area contributed by atoms with Crippen LogP contribution in [-0.2, 0) is 6.42 Å². The average Bonchev–Trinajstić information content (AvgIpc) is 2.86. The summed E-state index contributed by atoms with van der Waals surface area (Å²) in [5.41, 5.74) is 3.01. The van der Waals surface area contributed by atoms with Crippen LogP contribution in [0.3, 0.4) is 0 Å². The predicted molar refractivity (Wildman–Crippen MR) is 131 cm³/mol. The summed E-state index contributed by atoms with van der Waals surface area (Å²) in [6.07, 6.45) is 4.49. The zero-order chi connectivity index (χ0) is 23.7. The number of hydrogen-bond acceptors (Lipinski definition) is 7. The van der Waals surface area contributed by atoms with Crippen LogP contribution < -0.4 is 20.4 Å². The maximum Gasteiger partial charge on any atom is 0.229 e. The molecule has 0 unspecified atom stereocenters. The summed E-state index contributed by atoms with van der Waals surface area (Å²) in [7, 11) is 0. The molecule has 3 aromatic rings. The highest BCUT2D eigenvalue weighted by atomic mass is 19.1. The minimum atomic E-state index is -0.598. The topological polar surface area (TPSA) is 69.2 Å². The molecule has 0 bridgehead atoms. The van der Waals surface area contributed by atoms with Crippen LogP contribution in [-0.4, -0.2) is 53.7 Å². The van der Waals surface area contributed by atoms with Crippen molar-refractivity contribution in [2.75, 3.05) is 47.8 Å². The van der Waals surface area contributed by atoms with E-state index in [4.69, 9.17) is 0 Å². The van der Waals surface area contributed by atoms with E-state index in [0.29, 0.717) is 23.4 Å². The molecule has 2 aliphatic heterocycles. The van der Waals surface area contributed by atoms with Crippen molar-refractivity contribution in [2.45, 2.75) is 32.7 Å². The molecule has 2 aliphatic rings. The Morgan fingerprint density at radius 3 is 2.56 bits per heavy atom. The molecule has 7 nitrogen and oxygen atoms in total. The van der Waals surface area contributed by atoms with Crippen molar-refractivity contribution < 1.29 is 8.78 Å². The lowest BCUT2D eigenvalue weighted by Crippen LogP contribution is -2.43. The standard InChI is InChI=1S/C25H29F2N7/c1-16(2)34-9-3-4-19-20(26)12-17(13-22(19)34)24-21(27)15-30-25(32-24)31-23-6-5-18(14-29-23)33-10-7-28-8-11-33/h5-6,12-16,28H,3-4,7-11H2,1-2H3,(H,29,30,31,32). The highest BCUT2D eigenvalue weighted by Crippen LogP contribution is 2.35. The van der Waals surface area contributed by atoms with Gasteiger partial charge in [0, 0.05) is 55.6 Å². The first-order valence-corrected chi connectivity index (χ1v) is 11.8. The van der Waals surface area contributed by atoms with E-state index in [1.807, 2.05) is 18.2 Å². The average molecular weight is 466 g/mol. The van der Waals surface area contributed by atoms with Gasteiger partial charge >= 0.3 is 0 Å². The maximum atomic E-state index is 15.0. The second kappa shape index (κ2) is 9.50. The molecule has 5 rings (SSSR count). The quantitative estimate of drug-likeness (QED) is 0.587. The first-order valence-electron chi connectivity index (χ1n) is 11.8. The Balaban J connectivity index is 1.41. The van der Waals surface area contributed by atoms with E-state index in [1.54, 1.807) is 6.20 Å². The summed E-state index contributed by atoms with van der Waals surface area (Å²) in [6.45, 7) is 8.77. The zero-order valence-corrected chi connectivity index (χ0v) is 19.5. The summed E-state index contributed by atoms with van der Waals surface area (Å²) in [4.78, 5) is 17.3. The van der Waals surface area contributed by atoms with Crippen molar-refractivity contribution in [1.29, 1.82) is 0 Å². The number of hydrogen-bond donors (Lipinski definition) is 2. The molecule has 1 saturated heterocycles. The first kappa shape index (κ1) is 22.5. The van der Waals surface area contributed by atoms with Crippen LogP contribution in [0.1, 0.15) is 25.8 Å². The number of nitrogens with zero attached hydrogens (tertiary/aromatic N) is 5. The van der Waals surface area contributed by atoms with Crippen LogP contribution in [0.15, 0.2) is 36.7 Å². The minimum Gasteiger partial charge on any atom is -0.369 e. The van der Waals surface area contributed by atoms with Crippen LogP contribution >= 0.6 is 0 Å². The summed E-state index contributed by atoms with van der Waals surface area (Å²) >= 11 is 0. The Labute approximate surface area is 198 Å². The fourth-order valence-electron chi connectivity index (χ4n) is 4.66. The number of halogens is 2. The van der Waals surface area contributed by atoms with E-state index in [9.17, 15) is 8.78 Å². The molecule has 2 N–H and O–H groups in total. The summed E-state index contributed by atoms with van der Waals surface area (Å²) < 4.78 is 29.8. The van der Waals surface area contributed by atoms with Gasteiger partial charge in [0.25, 0.3) is 0 Å². The third-order valence-electron chi connectivity index (χ3n) is 6.42. The predicted octanol–water partition coefficient (Wildman–Crippen LogP) is 4.13. The van der Waals surface area contributed by atoms with Gasteiger partial charge in [-0.15, -0.1) is 0 Å². The molecule has 0 atom stereocenters. The van der Waals surface area contributed by atoms with Gasteiger partial charge < -0.3 is 20.4 Å². The van der Waals surface area contributed by atoms with E-state index < -0.39 is 5.82 Å². The molecule has 0 amide bonds. The molecule has 0 saturated carbocycles. The molecule has 2 aromatic heterocycles. The second-order valence-electron chi connectivity index (χ2n) is 9.00. The highest BCUT2D eigenvalue weighted by Gasteiger charge is 2.24. The number of nitrogens with one attached hydrogen (secondary N) is 2. The van der Waals surface area contributed by atoms with E-state index in [-0.39, 0.29) is 23.5 Å². The molecule has 1 fully saturated rings. The molecule has 1 aromatic carbocycles. The third kappa shape index (κ3) is 4.52. The summed E-state index contributed by atoms with van der Waals surface area (Å²) in [5.74, 6) is -0.161. The van der Waals surface area contributed by atoms with Gasteiger partial charge in [0.1, 0.15) is 17.3 Å². The Morgan fingerprint density at radius 2 is 1.82 bits per heavy atom. The maximum absolute atomic E-state index is 15.0. The lowest BCUT2D eigenvalue weighted by Gasteiger charge is -2.35. The van der Waals surface area contributed by atoms with Crippen molar-refractivity contribution >= 4 is 23.1 Å². The van der Waals surface area contributed by atoms with Gasteiger partial charge in [-0.3, -0.25) is 0 Å². The first-order chi connectivity index (χ1) is 16.5. The number of piperazine rings is 1. The van der Waals surface area contributed by atoms with E-state index in [1.165, 1.54) is 6.07 Å². The smallest absolute Gasteiger partial charge is 0.229 e. The van der Waals surface area contributed by atoms with Gasteiger partial charge in [-0.05, 0) is 51.0 Å². The number of fused-ring (bicyclic) bond motifs is 1. The van der Waals surface area contributed by atoms with Gasteiger partial charge in [-0.25, -0.2) is 23.7 Å². The highest BCUT2D eigenvalue weighted by molar-refractivity contribution is 5.71. The van der Waals surface area contributed by atoms with Crippen molar-refractivity contribution in [3.05, 3.63) is 53.9 Å². The number of benzene rings is 1. The summed E-state index contributed by atoms with van der Waals surface area (Å²) in [5, 5.41) is 6.37. The van der Waals surface area contributed by atoms with Crippen molar-refractivity contribution in [1.82, 2.24) is 20.3 Å². The molecule has 34 heavy (non-hydrogen) atoms. The Kier molecular flexibility index (Phi) is 6.28. The monoisotopic (exact) mass is 465 g/mol. The Hall–Kier alpha value is -3.33. The van der Waals surface area contributed by atoms with Gasteiger partial charge in [0.05, 0.1) is 18.1 Å².